The molecular weight excluding hydrogens is 274 g/mol. The van der Waals surface area contributed by atoms with Crippen molar-refractivity contribution in [3.63, 3.8) is 0 Å². The Morgan fingerprint density at radius 3 is 2.67 bits per heavy atom. The molecule has 0 atom stereocenters. The van der Waals surface area contributed by atoms with Gasteiger partial charge in [-0.25, -0.2) is 13.1 Å². The van der Waals surface area contributed by atoms with Crippen LogP contribution >= 0.6 is 11.3 Å². The van der Waals surface area contributed by atoms with Gasteiger partial charge in [-0.1, -0.05) is 0 Å². The molecule has 6 nitrogen and oxygen atoms in total. The van der Waals surface area contributed by atoms with E-state index in [1.807, 2.05) is 0 Å². The summed E-state index contributed by atoms with van der Waals surface area (Å²) in [7, 11) is -3.46. The Balaban J connectivity index is 2.31. The molecule has 0 unspecified atom stereocenters. The molecule has 8 heteroatoms. The molecule has 0 aromatic carbocycles. The van der Waals surface area contributed by atoms with Crippen LogP contribution in [0, 0.1) is 6.92 Å². The first-order valence-corrected chi connectivity index (χ1v) is 7.66. The number of hydrogen-bond donors (Lipinski definition) is 1. The van der Waals surface area contributed by atoms with Gasteiger partial charge in [-0.3, -0.25) is 0 Å². The zero-order chi connectivity index (χ0) is 13.3. The van der Waals surface area contributed by atoms with E-state index in [0.29, 0.717) is 17.3 Å². The highest BCUT2D eigenvalue weighted by Crippen LogP contribution is 2.27. The molecule has 2 aromatic rings. The van der Waals surface area contributed by atoms with Crippen LogP contribution in [0.3, 0.4) is 0 Å². The average Bonchev–Trinajstić information content (AvgIpc) is 2.83. The van der Waals surface area contributed by atoms with Gasteiger partial charge in [0.25, 0.3) is 0 Å². The number of nitrogens with one attached hydrogen (secondary N) is 1. The zero-order valence-corrected chi connectivity index (χ0v) is 11.8. The number of aromatic nitrogens is 2. The monoisotopic (exact) mass is 287 g/mol. The maximum Gasteiger partial charge on any atom is 0.250 e. The fourth-order valence-corrected chi connectivity index (χ4v) is 3.77. The van der Waals surface area contributed by atoms with Crippen molar-refractivity contribution in [2.45, 2.75) is 31.0 Å². The van der Waals surface area contributed by atoms with E-state index in [-0.39, 0.29) is 10.3 Å². The second kappa shape index (κ2) is 4.79. The van der Waals surface area contributed by atoms with Crippen molar-refractivity contribution in [1.29, 1.82) is 0 Å². The Kier molecular flexibility index (Phi) is 3.51. The maximum absolute atomic E-state index is 11.9. The van der Waals surface area contributed by atoms with Gasteiger partial charge in [0.15, 0.2) is 0 Å². The van der Waals surface area contributed by atoms with Gasteiger partial charge in [-0.2, -0.15) is 0 Å². The van der Waals surface area contributed by atoms with Gasteiger partial charge in [0.2, 0.25) is 21.8 Å². The van der Waals surface area contributed by atoms with E-state index in [0.717, 1.165) is 11.3 Å². The topological polar surface area (TPSA) is 85.1 Å². The first-order chi connectivity index (χ1) is 8.38. The number of thiophene rings is 1. The van der Waals surface area contributed by atoms with Crippen LogP contribution in [0.1, 0.15) is 19.7 Å². The lowest BCUT2D eigenvalue weighted by molar-refractivity contribution is 0.533. The minimum atomic E-state index is -3.46. The Morgan fingerprint density at radius 2 is 2.11 bits per heavy atom. The molecule has 0 aliphatic heterocycles. The van der Waals surface area contributed by atoms with Crippen LogP contribution < -0.4 is 4.72 Å². The normalized spacial score (nSPS) is 12.2. The fraction of sp³-hybridized carbons (Fsp3) is 0.400. The van der Waals surface area contributed by atoms with Crippen molar-refractivity contribution < 1.29 is 12.8 Å². The van der Waals surface area contributed by atoms with Crippen molar-refractivity contribution in [1.82, 2.24) is 14.9 Å². The molecule has 1 N–H and O–H groups in total. The van der Waals surface area contributed by atoms with Crippen molar-refractivity contribution in [2.24, 2.45) is 0 Å². The Hall–Kier alpha value is -1.25. The summed E-state index contributed by atoms with van der Waals surface area (Å²) in [5.74, 6) is 0.774. The second-order valence-corrected chi connectivity index (χ2v) is 6.91. The molecule has 18 heavy (non-hydrogen) atoms. The summed E-state index contributed by atoms with van der Waals surface area (Å²) in [6.45, 7) is 5.22. The minimum absolute atomic E-state index is 0.147. The second-order valence-electron chi connectivity index (χ2n) is 4.06. The van der Waals surface area contributed by atoms with Gasteiger partial charge in [-0.05, 0) is 19.9 Å². The average molecular weight is 287 g/mol. The summed E-state index contributed by atoms with van der Waals surface area (Å²) in [6.07, 6.45) is 0. The molecule has 0 bridgehead atoms. The van der Waals surface area contributed by atoms with E-state index in [1.165, 1.54) is 6.07 Å². The van der Waals surface area contributed by atoms with Gasteiger partial charge >= 0.3 is 0 Å². The number of rotatable bonds is 4. The highest BCUT2D eigenvalue weighted by atomic mass is 32.2. The van der Waals surface area contributed by atoms with Crippen LogP contribution in [-0.2, 0) is 10.0 Å². The number of sulfonamides is 1. The molecule has 0 aliphatic carbocycles. The molecule has 0 spiro atoms. The lowest BCUT2D eigenvalue weighted by Gasteiger charge is -2.06. The molecule has 2 heterocycles. The minimum Gasteiger partial charge on any atom is -0.421 e. The van der Waals surface area contributed by atoms with E-state index in [9.17, 15) is 8.42 Å². The van der Waals surface area contributed by atoms with Crippen LogP contribution in [0.2, 0.25) is 0 Å². The van der Waals surface area contributed by atoms with Gasteiger partial charge in [0.1, 0.15) is 4.21 Å². The molecule has 0 saturated carbocycles. The lowest BCUT2D eigenvalue weighted by atomic mass is 10.3. The van der Waals surface area contributed by atoms with Crippen LogP contribution in [0.5, 0.6) is 0 Å². The summed E-state index contributed by atoms with van der Waals surface area (Å²) in [4.78, 5) is 0. The van der Waals surface area contributed by atoms with Crippen molar-refractivity contribution in [3.05, 3.63) is 17.3 Å². The quantitative estimate of drug-likeness (QED) is 0.926. The predicted molar refractivity (Wildman–Crippen MR) is 67.8 cm³/mol. The summed E-state index contributed by atoms with van der Waals surface area (Å²) < 4.78 is 31.9. The SMILES string of the molecule is Cc1nnc(-c2csc(S(=O)(=O)NC(C)C)c2)o1. The van der Waals surface area contributed by atoms with Gasteiger partial charge in [-0.15, -0.1) is 21.5 Å². The van der Waals surface area contributed by atoms with E-state index in [2.05, 4.69) is 14.9 Å². The molecule has 0 aliphatic rings. The van der Waals surface area contributed by atoms with Crippen molar-refractivity contribution in [2.75, 3.05) is 0 Å². The standard InChI is InChI=1S/C10H13N3O3S2/c1-6(2)13-18(14,15)9-4-8(5-17-9)10-12-11-7(3)16-10/h4-6,13H,1-3H3. The van der Waals surface area contributed by atoms with Gasteiger partial charge in [0.05, 0.1) is 5.56 Å². The van der Waals surface area contributed by atoms with Crippen molar-refractivity contribution in [3.8, 4) is 11.5 Å². The first kappa shape index (κ1) is 13.2. The third kappa shape index (κ3) is 2.77. The molecule has 0 saturated heterocycles. The Bertz CT molecular complexity index is 643. The summed E-state index contributed by atoms with van der Waals surface area (Å²) in [5, 5.41) is 9.24. The zero-order valence-electron chi connectivity index (χ0n) is 10.2. The third-order valence-electron chi connectivity index (χ3n) is 2.00. The van der Waals surface area contributed by atoms with Crippen LogP contribution in [-0.4, -0.2) is 24.7 Å². The summed E-state index contributed by atoms with van der Waals surface area (Å²) in [6, 6.07) is 1.38. The fourth-order valence-electron chi connectivity index (χ4n) is 1.35. The largest absolute Gasteiger partial charge is 0.421 e. The highest BCUT2D eigenvalue weighted by molar-refractivity contribution is 7.91. The number of aryl methyl sites for hydroxylation is 1. The summed E-state index contributed by atoms with van der Waals surface area (Å²) in [5.41, 5.74) is 0.615. The Labute approximate surface area is 109 Å². The molecular formula is C10H13N3O3S2. The van der Waals surface area contributed by atoms with Crippen LogP contribution in [0.15, 0.2) is 20.1 Å². The predicted octanol–water partition coefficient (Wildman–Crippen LogP) is 1.79. The van der Waals surface area contributed by atoms with Crippen LogP contribution in [0.4, 0.5) is 0 Å². The third-order valence-corrected chi connectivity index (χ3v) is 5.10. The van der Waals surface area contributed by atoms with E-state index in [1.54, 1.807) is 26.2 Å². The molecule has 98 valence electrons. The summed E-state index contributed by atoms with van der Waals surface area (Å²) >= 11 is 1.12. The van der Waals surface area contributed by atoms with Gasteiger partial charge < -0.3 is 4.42 Å². The van der Waals surface area contributed by atoms with Gasteiger partial charge in [0, 0.05) is 18.3 Å². The molecule has 0 amide bonds. The maximum atomic E-state index is 11.9. The van der Waals surface area contributed by atoms with E-state index in [4.69, 9.17) is 4.42 Å². The molecule has 0 fully saturated rings. The van der Waals surface area contributed by atoms with E-state index >= 15 is 0 Å². The van der Waals surface area contributed by atoms with Crippen molar-refractivity contribution >= 4 is 21.4 Å². The number of nitrogens with zero attached hydrogens (tertiary/aromatic N) is 2. The van der Waals surface area contributed by atoms with Crippen LogP contribution in [0.25, 0.3) is 11.5 Å². The molecule has 2 aromatic heterocycles. The molecule has 0 radical (unpaired) electrons. The smallest absolute Gasteiger partial charge is 0.250 e. The lowest BCUT2D eigenvalue weighted by Crippen LogP contribution is -2.29. The van der Waals surface area contributed by atoms with E-state index < -0.39 is 10.0 Å². The molecule has 2 rings (SSSR count). The highest BCUT2D eigenvalue weighted by Gasteiger charge is 2.19. The Morgan fingerprint density at radius 1 is 1.39 bits per heavy atom. The number of hydrogen-bond acceptors (Lipinski definition) is 6. The first-order valence-electron chi connectivity index (χ1n) is 5.30.